The minimum atomic E-state index is -0.425. The Balaban J connectivity index is 1.91. The van der Waals surface area contributed by atoms with Crippen molar-refractivity contribution in [1.29, 1.82) is 0 Å². The first-order valence-corrected chi connectivity index (χ1v) is 8.83. The first-order valence-electron chi connectivity index (χ1n) is 6.96. The maximum atomic E-state index is 12.5. The molecule has 1 heterocycles. The smallest absolute Gasteiger partial charge is 0.282 e. The Bertz CT molecular complexity index is 849. The molecule has 7 heteroatoms. The number of carbonyl (C=O) groups is 2. The number of ether oxygens (including phenoxy) is 1. The lowest BCUT2D eigenvalue weighted by Crippen LogP contribution is -2.35. The van der Waals surface area contributed by atoms with E-state index in [4.69, 9.17) is 4.74 Å². The Hall–Kier alpha value is -1.87. The van der Waals surface area contributed by atoms with Gasteiger partial charge in [-0.3, -0.25) is 15.0 Å². The van der Waals surface area contributed by atoms with Gasteiger partial charge in [0.2, 0.25) is 0 Å². The number of hydrogen-bond donors (Lipinski definition) is 1. The summed E-state index contributed by atoms with van der Waals surface area (Å²) in [5.74, 6) is -0.126. The van der Waals surface area contributed by atoms with Gasteiger partial charge in [-0.15, -0.1) is 0 Å². The molecule has 1 aliphatic heterocycles. The first-order chi connectivity index (χ1) is 11.5. The molecule has 0 atom stereocenters. The average Bonchev–Trinajstić information content (AvgIpc) is 2.84. The SMILES string of the molecule is COc1ccc(C=C2C(=O)NN(c3ccc(I)cc3)C2=O)cc1Br. The number of benzene rings is 2. The van der Waals surface area contributed by atoms with Crippen molar-refractivity contribution in [2.75, 3.05) is 12.1 Å². The quantitative estimate of drug-likeness (QED) is 0.400. The average molecular weight is 499 g/mol. The summed E-state index contributed by atoms with van der Waals surface area (Å²) in [5, 5.41) is 1.25. The Morgan fingerprint density at radius 3 is 2.50 bits per heavy atom. The van der Waals surface area contributed by atoms with E-state index in [9.17, 15) is 9.59 Å². The van der Waals surface area contributed by atoms with Crippen molar-refractivity contribution in [2.24, 2.45) is 0 Å². The Labute approximate surface area is 160 Å². The number of nitrogens with one attached hydrogen (secondary N) is 1. The number of nitrogens with zero attached hydrogens (tertiary/aromatic N) is 1. The van der Waals surface area contributed by atoms with Gasteiger partial charge in [-0.2, -0.15) is 0 Å². The van der Waals surface area contributed by atoms with E-state index in [1.807, 2.05) is 12.1 Å². The minimum absolute atomic E-state index is 0.0885. The van der Waals surface area contributed by atoms with Crippen LogP contribution in [-0.4, -0.2) is 18.9 Å². The molecule has 0 aliphatic carbocycles. The fourth-order valence-electron chi connectivity index (χ4n) is 2.27. The Kier molecular flexibility index (Phi) is 4.91. The number of amides is 2. The van der Waals surface area contributed by atoms with Crippen LogP contribution in [0.25, 0.3) is 6.08 Å². The summed E-state index contributed by atoms with van der Waals surface area (Å²) in [6.45, 7) is 0. The van der Waals surface area contributed by atoms with E-state index in [1.165, 1.54) is 5.01 Å². The summed E-state index contributed by atoms with van der Waals surface area (Å²) >= 11 is 5.57. The fraction of sp³-hybridized carbons (Fsp3) is 0.0588. The lowest BCUT2D eigenvalue weighted by Gasteiger charge is -2.14. The maximum absolute atomic E-state index is 12.5. The molecule has 1 saturated heterocycles. The zero-order valence-electron chi connectivity index (χ0n) is 12.5. The van der Waals surface area contributed by atoms with E-state index < -0.39 is 5.91 Å². The zero-order valence-corrected chi connectivity index (χ0v) is 16.3. The van der Waals surface area contributed by atoms with Crippen LogP contribution in [0.15, 0.2) is 52.5 Å². The summed E-state index contributed by atoms with van der Waals surface area (Å²) in [5.41, 5.74) is 4.02. The van der Waals surface area contributed by atoms with Gasteiger partial charge in [-0.05, 0) is 86.6 Å². The summed E-state index contributed by atoms with van der Waals surface area (Å²) < 4.78 is 6.97. The van der Waals surface area contributed by atoms with Gasteiger partial charge in [0.1, 0.15) is 11.3 Å². The molecule has 1 aliphatic rings. The lowest BCUT2D eigenvalue weighted by atomic mass is 10.1. The van der Waals surface area contributed by atoms with Crippen LogP contribution in [0.2, 0.25) is 0 Å². The van der Waals surface area contributed by atoms with Gasteiger partial charge in [0.25, 0.3) is 11.8 Å². The van der Waals surface area contributed by atoms with Crippen molar-refractivity contribution in [3.63, 3.8) is 0 Å². The summed E-state index contributed by atoms with van der Waals surface area (Å²) in [7, 11) is 1.57. The fourth-order valence-corrected chi connectivity index (χ4v) is 3.19. The third-order valence-electron chi connectivity index (χ3n) is 3.46. The monoisotopic (exact) mass is 498 g/mol. The Morgan fingerprint density at radius 1 is 1.17 bits per heavy atom. The molecule has 2 amide bonds. The molecule has 0 unspecified atom stereocenters. The van der Waals surface area contributed by atoms with Gasteiger partial charge in [0.05, 0.1) is 17.3 Å². The largest absolute Gasteiger partial charge is 0.496 e. The normalized spacial score (nSPS) is 15.8. The molecule has 0 radical (unpaired) electrons. The lowest BCUT2D eigenvalue weighted by molar-refractivity contribution is -0.117. The van der Waals surface area contributed by atoms with Gasteiger partial charge in [0.15, 0.2) is 0 Å². The van der Waals surface area contributed by atoms with E-state index in [0.717, 1.165) is 13.6 Å². The molecule has 122 valence electrons. The molecule has 0 aromatic heterocycles. The molecule has 3 rings (SSSR count). The molecule has 5 nitrogen and oxygen atoms in total. The van der Waals surface area contributed by atoms with Crippen LogP contribution in [0.4, 0.5) is 5.69 Å². The van der Waals surface area contributed by atoms with Gasteiger partial charge >= 0.3 is 0 Å². The van der Waals surface area contributed by atoms with Crippen LogP contribution in [0.5, 0.6) is 5.75 Å². The van der Waals surface area contributed by atoms with E-state index in [-0.39, 0.29) is 11.5 Å². The Morgan fingerprint density at radius 2 is 1.88 bits per heavy atom. The molecule has 0 bridgehead atoms. The van der Waals surface area contributed by atoms with Crippen LogP contribution >= 0.6 is 38.5 Å². The predicted octanol–water partition coefficient (Wildman–Crippen LogP) is 3.52. The molecule has 0 saturated carbocycles. The number of halogens is 2. The van der Waals surface area contributed by atoms with Crippen molar-refractivity contribution in [3.8, 4) is 5.75 Å². The third kappa shape index (κ3) is 3.32. The second kappa shape index (κ2) is 6.94. The zero-order chi connectivity index (χ0) is 17.3. The molecular formula is C17H12BrIN2O3. The highest BCUT2D eigenvalue weighted by Gasteiger charge is 2.34. The molecule has 2 aromatic carbocycles. The standard InChI is InChI=1S/C17H12BrIN2O3/c1-24-15-7-2-10(9-14(15)18)8-13-16(22)20-21(17(13)23)12-5-3-11(19)4-6-12/h2-9H,1H3,(H,20,22). The topological polar surface area (TPSA) is 58.6 Å². The first kappa shape index (κ1) is 17.0. The highest BCUT2D eigenvalue weighted by atomic mass is 127. The second-order valence-electron chi connectivity index (χ2n) is 5.01. The highest BCUT2D eigenvalue weighted by Crippen LogP contribution is 2.28. The number of hydrogen-bond acceptors (Lipinski definition) is 3. The summed E-state index contributed by atoms with van der Waals surface area (Å²) in [6, 6.07) is 12.7. The van der Waals surface area contributed by atoms with Crippen molar-refractivity contribution in [3.05, 3.63) is 61.6 Å². The maximum Gasteiger partial charge on any atom is 0.282 e. The van der Waals surface area contributed by atoms with Crippen molar-refractivity contribution >= 4 is 62.1 Å². The molecule has 1 N–H and O–H groups in total. The highest BCUT2D eigenvalue weighted by molar-refractivity contribution is 14.1. The van der Waals surface area contributed by atoms with Crippen LogP contribution in [-0.2, 0) is 9.59 Å². The van der Waals surface area contributed by atoms with Gasteiger partial charge in [-0.1, -0.05) is 6.07 Å². The molecule has 1 fully saturated rings. The molecular weight excluding hydrogens is 487 g/mol. The predicted molar refractivity (Wildman–Crippen MR) is 103 cm³/mol. The summed E-state index contributed by atoms with van der Waals surface area (Å²) in [6.07, 6.45) is 1.56. The molecule has 0 spiro atoms. The van der Waals surface area contributed by atoms with Crippen LogP contribution < -0.4 is 15.2 Å². The number of rotatable bonds is 3. The number of hydrazine groups is 1. The van der Waals surface area contributed by atoms with Crippen LogP contribution in [0, 0.1) is 3.57 Å². The van der Waals surface area contributed by atoms with Crippen molar-refractivity contribution in [2.45, 2.75) is 0 Å². The second-order valence-corrected chi connectivity index (χ2v) is 7.11. The van der Waals surface area contributed by atoms with Crippen LogP contribution in [0.3, 0.4) is 0 Å². The third-order valence-corrected chi connectivity index (χ3v) is 4.80. The van der Waals surface area contributed by atoms with Gasteiger partial charge < -0.3 is 4.74 Å². The van der Waals surface area contributed by atoms with Gasteiger partial charge in [-0.25, -0.2) is 5.01 Å². The van der Waals surface area contributed by atoms with Crippen LogP contribution in [0.1, 0.15) is 5.56 Å². The van der Waals surface area contributed by atoms with E-state index in [2.05, 4.69) is 43.9 Å². The number of anilines is 1. The molecule has 2 aromatic rings. The van der Waals surface area contributed by atoms with E-state index in [1.54, 1.807) is 43.5 Å². The van der Waals surface area contributed by atoms with Crippen molar-refractivity contribution < 1.29 is 14.3 Å². The van der Waals surface area contributed by atoms with Crippen molar-refractivity contribution in [1.82, 2.24) is 5.43 Å². The molecule has 24 heavy (non-hydrogen) atoms. The van der Waals surface area contributed by atoms with Gasteiger partial charge in [0, 0.05) is 3.57 Å². The van der Waals surface area contributed by atoms with E-state index in [0.29, 0.717) is 11.4 Å². The minimum Gasteiger partial charge on any atom is -0.496 e. The number of carbonyl (C=O) groups excluding carboxylic acids is 2. The number of methoxy groups -OCH3 is 1. The summed E-state index contributed by atoms with van der Waals surface area (Å²) in [4.78, 5) is 24.7. The van der Waals surface area contributed by atoms with E-state index >= 15 is 0 Å².